The van der Waals surface area contributed by atoms with Gasteiger partial charge in [-0.25, -0.2) is 0 Å². The molecule has 0 aliphatic heterocycles. The molecule has 0 radical (unpaired) electrons. The maximum atomic E-state index is 12.3. The molecule has 0 heterocycles. The summed E-state index contributed by atoms with van der Waals surface area (Å²) >= 11 is 1.44. The van der Waals surface area contributed by atoms with Gasteiger partial charge in [-0.15, -0.1) is 11.8 Å². The third-order valence-electron chi connectivity index (χ3n) is 10.5. The van der Waals surface area contributed by atoms with Crippen molar-refractivity contribution in [3.63, 3.8) is 0 Å². The molecule has 0 spiro atoms. The van der Waals surface area contributed by atoms with E-state index in [-0.39, 0.29) is 23.4 Å². The number of carbonyl (C=O) groups is 2. The number of esters is 1. The van der Waals surface area contributed by atoms with E-state index in [1.165, 1.54) is 43.9 Å². The highest BCUT2D eigenvalue weighted by atomic mass is 32.2. The summed E-state index contributed by atoms with van der Waals surface area (Å²) in [5, 5.41) is 0. The monoisotopic (exact) mass is 475 g/mol. The van der Waals surface area contributed by atoms with E-state index < -0.39 is 0 Å². The SMILES string of the molecule is CC(C)[C@H]1CCC2[C@]3(C)CC=C4CC(OC(=O)CSCCC(N)=O)CC[C@]4(C)C3CC[C@@]21C. The fourth-order valence-corrected chi connectivity index (χ4v) is 9.79. The Balaban J connectivity index is 1.43. The van der Waals surface area contributed by atoms with Gasteiger partial charge in [0.15, 0.2) is 0 Å². The highest BCUT2D eigenvalue weighted by Crippen LogP contribution is 2.71. The van der Waals surface area contributed by atoms with Gasteiger partial charge in [0.1, 0.15) is 6.10 Å². The third-order valence-corrected chi connectivity index (χ3v) is 11.4. The van der Waals surface area contributed by atoms with E-state index in [0.717, 1.165) is 42.9 Å². The Morgan fingerprint density at radius 2 is 1.85 bits per heavy atom. The fourth-order valence-electron chi connectivity index (χ4n) is 9.07. The van der Waals surface area contributed by atoms with Crippen molar-refractivity contribution < 1.29 is 14.3 Å². The number of thioether (sulfide) groups is 1. The quantitative estimate of drug-likeness (QED) is 0.273. The van der Waals surface area contributed by atoms with Crippen molar-refractivity contribution in [1.29, 1.82) is 0 Å². The molecule has 4 rings (SSSR count). The van der Waals surface area contributed by atoms with Crippen LogP contribution in [0.3, 0.4) is 0 Å². The van der Waals surface area contributed by atoms with Gasteiger partial charge in [0.25, 0.3) is 0 Å². The number of hydrogen-bond donors (Lipinski definition) is 1. The predicted octanol–water partition coefficient (Wildman–Crippen LogP) is 6.13. The number of nitrogens with two attached hydrogens (primary N) is 1. The van der Waals surface area contributed by atoms with Gasteiger partial charge in [-0.3, -0.25) is 9.59 Å². The lowest BCUT2D eigenvalue weighted by Crippen LogP contribution is -2.56. The molecular weight excluding hydrogens is 430 g/mol. The molecule has 33 heavy (non-hydrogen) atoms. The summed E-state index contributed by atoms with van der Waals surface area (Å²) in [5.41, 5.74) is 7.88. The minimum Gasteiger partial charge on any atom is -0.461 e. The molecule has 3 fully saturated rings. The van der Waals surface area contributed by atoms with E-state index >= 15 is 0 Å². The normalized spacial score (nSPS) is 42.2. The van der Waals surface area contributed by atoms with Crippen LogP contribution in [0.15, 0.2) is 11.6 Å². The highest BCUT2D eigenvalue weighted by Gasteiger charge is 2.63. The van der Waals surface area contributed by atoms with Crippen molar-refractivity contribution in [2.45, 2.75) is 98.5 Å². The summed E-state index contributed by atoms with van der Waals surface area (Å²) in [4.78, 5) is 23.2. The molecular formula is C28H45NO3S. The summed E-state index contributed by atoms with van der Waals surface area (Å²) in [5.74, 6) is 3.64. The van der Waals surface area contributed by atoms with Crippen molar-refractivity contribution in [3.05, 3.63) is 11.6 Å². The van der Waals surface area contributed by atoms with Crippen LogP contribution in [0.5, 0.6) is 0 Å². The average molecular weight is 476 g/mol. The number of allylic oxidation sites excluding steroid dienone is 1. The van der Waals surface area contributed by atoms with Crippen molar-refractivity contribution in [3.8, 4) is 0 Å². The lowest BCUT2D eigenvalue weighted by Gasteiger charge is -2.63. The molecule has 4 nitrogen and oxygen atoms in total. The number of ether oxygens (including phenoxy) is 1. The standard InChI is InChI=1S/C28H45NO3S/c1-18(2)21-6-7-22-27(21,4)14-10-23-26(3)13-9-20(16-19(26)8-12-28(22,23)5)32-25(31)17-33-15-11-24(29)30/h8,18,20-23H,6-7,9-17H2,1-5H3,(H2,29,30)/t20?,21-,22?,23?,26+,27-,28+/m1/s1. The Bertz CT molecular complexity index is 809. The molecule has 5 heteroatoms. The molecule has 3 unspecified atom stereocenters. The number of fused-ring (bicyclic) bond motifs is 5. The molecule has 4 aliphatic rings. The van der Waals surface area contributed by atoms with Crippen LogP contribution in [0, 0.1) is 39.9 Å². The Morgan fingerprint density at radius 3 is 2.55 bits per heavy atom. The Kier molecular flexibility index (Phi) is 7.04. The number of hydrogen-bond acceptors (Lipinski definition) is 4. The van der Waals surface area contributed by atoms with Crippen LogP contribution in [-0.2, 0) is 14.3 Å². The van der Waals surface area contributed by atoms with Gasteiger partial charge in [-0.05, 0) is 84.9 Å². The summed E-state index contributed by atoms with van der Waals surface area (Å²) in [7, 11) is 0. The van der Waals surface area contributed by atoms with Crippen LogP contribution in [0.1, 0.15) is 92.4 Å². The topological polar surface area (TPSA) is 69.4 Å². The van der Waals surface area contributed by atoms with Gasteiger partial charge < -0.3 is 10.5 Å². The molecule has 0 aromatic heterocycles. The minimum absolute atomic E-state index is 0.00331. The van der Waals surface area contributed by atoms with E-state index in [1.807, 2.05) is 0 Å². The molecule has 0 aromatic rings. The second-order valence-corrected chi connectivity index (χ2v) is 13.7. The number of rotatable bonds is 7. The maximum absolute atomic E-state index is 12.3. The summed E-state index contributed by atoms with van der Waals surface area (Å²) < 4.78 is 5.86. The van der Waals surface area contributed by atoms with Crippen LogP contribution >= 0.6 is 11.8 Å². The third kappa shape index (κ3) is 4.41. The van der Waals surface area contributed by atoms with Crippen molar-refractivity contribution in [2.24, 2.45) is 45.7 Å². The molecule has 0 saturated heterocycles. The molecule has 1 amide bonds. The Labute approximate surface area is 205 Å². The lowest BCUT2D eigenvalue weighted by molar-refractivity contribution is -0.150. The zero-order valence-corrected chi connectivity index (χ0v) is 22.3. The average Bonchev–Trinajstić information content (AvgIpc) is 3.10. The smallest absolute Gasteiger partial charge is 0.316 e. The van der Waals surface area contributed by atoms with Crippen LogP contribution in [0.4, 0.5) is 0 Å². The maximum Gasteiger partial charge on any atom is 0.316 e. The molecule has 0 bridgehead atoms. The first-order valence-corrected chi connectivity index (χ1v) is 14.4. The van der Waals surface area contributed by atoms with Gasteiger partial charge in [0.2, 0.25) is 5.91 Å². The molecule has 7 atom stereocenters. The summed E-state index contributed by atoms with van der Waals surface area (Å²) in [6.45, 7) is 12.6. The van der Waals surface area contributed by atoms with E-state index in [0.29, 0.717) is 28.8 Å². The number of primary amides is 1. The van der Waals surface area contributed by atoms with Crippen molar-refractivity contribution in [2.75, 3.05) is 11.5 Å². The van der Waals surface area contributed by atoms with Crippen LogP contribution in [-0.4, -0.2) is 29.5 Å². The van der Waals surface area contributed by atoms with Gasteiger partial charge >= 0.3 is 5.97 Å². The zero-order valence-electron chi connectivity index (χ0n) is 21.5. The highest BCUT2D eigenvalue weighted by molar-refractivity contribution is 7.99. The van der Waals surface area contributed by atoms with E-state index in [9.17, 15) is 9.59 Å². The largest absolute Gasteiger partial charge is 0.461 e. The molecule has 2 N–H and O–H groups in total. The van der Waals surface area contributed by atoms with Gasteiger partial charge in [-0.1, -0.05) is 46.3 Å². The molecule has 3 saturated carbocycles. The van der Waals surface area contributed by atoms with Gasteiger partial charge in [0.05, 0.1) is 5.75 Å². The van der Waals surface area contributed by atoms with Gasteiger partial charge in [0, 0.05) is 18.6 Å². The van der Waals surface area contributed by atoms with Crippen molar-refractivity contribution in [1.82, 2.24) is 0 Å². The van der Waals surface area contributed by atoms with Crippen molar-refractivity contribution >= 4 is 23.6 Å². The van der Waals surface area contributed by atoms with E-state index in [2.05, 4.69) is 40.7 Å². The predicted molar refractivity (Wildman–Crippen MR) is 136 cm³/mol. The van der Waals surface area contributed by atoms with Crippen LogP contribution < -0.4 is 5.73 Å². The minimum atomic E-state index is -0.320. The number of carbonyl (C=O) groups excluding carboxylic acids is 2. The second-order valence-electron chi connectivity index (χ2n) is 12.6. The first-order valence-electron chi connectivity index (χ1n) is 13.3. The number of amides is 1. The van der Waals surface area contributed by atoms with E-state index in [4.69, 9.17) is 10.5 Å². The molecule has 4 aliphatic carbocycles. The lowest BCUT2D eigenvalue weighted by atomic mass is 9.41. The summed E-state index contributed by atoms with van der Waals surface area (Å²) in [6, 6.07) is 0. The van der Waals surface area contributed by atoms with Gasteiger partial charge in [-0.2, -0.15) is 0 Å². The first-order chi connectivity index (χ1) is 15.5. The van der Waals surface area contributed by atoms with Crippen LogP contribution in [0.2, 0.25) is 0 Å². The molecule has 186 valence electrons. The molecule has 0 aromatic carbocycles. The fraction of sp³-hybridized carbons (Fsp3) is 0.857. The van der Waals surface area contributed by atoms with Crippen LogP contribution in [0.25, 0.3) is 0 Å². The Hall–Kier alpha value is -0.970. The second kappa shape index (κ2) is 9.24. The zero-order chi connectivity index (χ0) is 24.0. The summed E-state index contributed by atoms with van der Waals surface area (Å²) in [6.07, 6.45) is 12.6. The van der Waals surface area contributed by atoms with E-state index in [1.54, 1.807) is 5.57 Å². The first kappa shape index (κ1) is 25.1. The Morgan fingerprint density at radius 1 is 1.09 bits per heavy atom.